The SMILES string of the molecule is Clc1cc2c3c(c1)N(c1c(-c4cccc(-c5ccccc5)c4)cccc1-c1cccc(-c4ccccc4)c1)c1cc(-c4c5ccccc5c(-c5ccccc5)c5ccccc45)ccc1B3c1ccc(-c3c4ccccc4c(-c4ccccc4)c4ccccc34)cc1N2c1c(-c2cccc(-c3ccccc3)c2)cccc1-c1cccc(-c2ccccc2)c1. The summed E-state index contributed by atoms with van der Waals surface area (Å²) in [6.07, 6.45) is 0. The van der Waals surface area contributed by atoms with Gasteiger partial charge < -0.3 is 9.80 Å². The lowest BCUT2D eigenvalue weighted by Crippen LogP contribution is -2.61. The van der Waals surface area contributed by atoms with Crippen molar-refractivity contribution >= 4 is 112 Å². The van der Waals surface area contributed by atoms with Crippen LogP contribution in [0.4, 0.5) is 34.1 Å². The molecule has 21 aromatic carbocycles. The second-order valence-electron chi connectivity index (χ2n) is 32.1. The van der Waals surface area contributed by atoms with E-state index >= 15 is 0 Å². The van der Waals surface area contributed by atoms with E-state index in [4.69, 9.17) is 11.6 Å². The molecule has 0 saturated carbocycles. The third-order valence-corrected chi connectivity index (χ3v) is 25.5. The largest absolute Gasteiger partial charge is 0.310 e. The molecule has 0 aromatic heterocycles. The normalized spacial score (nSPS) is 12.1. The quantitative estimate of drug-likeness (QED) is 0.0791. The maximum Gasteiger partial charge on any atom is 0.252 e. The number of para-hydroxylation sites is 2. The second-order valence-corrected chi connectivity index (χ2v) is 32.6. The van der Waals surface area contributed by atoms with Gasteiger partial charge in [-0.15, -0.1) is 0 Å². The predicted octanol–water partition coefficient (Wildman–Crippen LogP) is 31.0. The van der Waals surface area contributed by atoms with E-state index in [9.17, 15) is 0 Å². The Hall–Kier alpha value is -15.4. The Morgan fingerprint density at radius 3 is 0.656 bits per heavy atom. The number of fused-ring (bicyclic) bond motifs is 8. The Kier molecular flexibility index (Phi) is 17.8. The van der Waals surface area contributed by atoms with Gasteiger partial charge in [0.25, 0.3) is 6.71 Å². The summed E-state index contributed by atoms with van der Waals surface area (Å²) < 4.78 is 0. The molecule has 2 aliphatic heterocycles. The molecule has 0 radical (unpaired) electrons. The molecule has 568 valence electrons. The van der Waals surface area contributed by atoms with Gasteiger partial charge in [0.1, 0.15) is 0 Å². The van der Waals surface area contributed by atoms with Crippen LogP contribution >= 0.6 is 11.6 Å². The number of rotatable bonds is 14. The molecule has 0 atom stereocenters. The van der Waals surface area contributed by atoms with Gasteiger partial charge in [0.15, 0.2) is 0 Å². The zero-order valence-corrected chi connectivity index (χ0v) is 67.5. The highest BCUT2D eigenvalue weighted by molar-refractivity contribution is 7.00. The van der Waals surface area contributed by atoms with Crippen LogP contribution in [-0.4, -0.2) is 6.71 Å². The molecule has 23 rings (SSSR count). The van der Waals surface area contributed by atoms with Gasteiger partial charge in [-0.3, -0.25) is 0 Å². The Morgan fingerprint density at radius 2 is 0.385 bits per heavy atom. The smallest absolute Gasteiger partial charge is 0.252 e. The van der Waals surface area contributed by atoms with Crippen molar-refractivity contribution in [2.24, 2.45) is 0 Å². The highest BCUT2D eigenvalue weighted by atomic mass is 35.5. The van der Waals surface area contributed by atoms with Crippen molar-refractivity contribution in [2.75, 3.05) is 9.80 Å². The molecule has 0 spiro atoms. The van der Waals surface area contributed by atoms with Gasteiger partial charge in [-0.05, 0) is 219 Å². The highest BCUT2D eigenvalue weighted by Crippen LogP contribution is 2.57. The molecular formula is C118H76BClN2. The summed E-state index contributed by atoms with van der Waals surface area (Å²) in [7, 11) is 0. The van der Waals surface area contributed by atoms with Crippen LogP contribution in [0.1, 0.15) is 0 Å². The van der Waals surface area contributed by atoms with Crippen molar-refractivity contribution in [3.05, 3.63) is 466 Å². The fourth-order valence-electron chi connectivity index (χ4n) is 19.9. The summed E-state index contributed by atoms with van der Waals surface area (Å²) >= 11 is 8.47. The number of nitrogens with zero attached hydrogens (tertiary/aromatic N) is 2. The van der Waals surface area contributed by atoms with Crippen LogP contribution in [0.5, 0.6) is 0 Å². The summed E-state index contributed by atoms with van der Waals surface area (Å²) in [4.78, 5) is 5.28. The molecule has 2 heterocycles. The number of hydrogen-bond donors (Lipinski definition) is 0. The fraction of sp³-hybridized carbons (Fsp3) is 0. The van der Waals surface area contributed by atoms with Gasteiger partial charge in [0, 0.05) is 50.0 Å². The van der Waals surface area contributed by atoms with Gasteiger partial charge in [-0.1, -0.05) is 424 Å². The first-order valence-electron chi connectivity index (χ1n) is 42.1. The highest BCUT2D eigenvalue weighted by Gasteiger charge is 2.46. The average Bonchev–Trinajstić information content (AvgIpc) is 0.684. The number of benzene rings is 21. The van der Waals surface area contributed by atoms with E-state index in [-0.39, 0.29) is 6.71 Å². The zero-order chi connectivity index (χ0) is 80.7. The van der Waals surface area contributed by atoms with Crippen molar-refractivity contribution in [3.63, 3.8) is 0 Å². The molecule has 2 nitrogen and oxygen atoms in total. The van der Waals surface area contributed by atoms with Crippen molar-refractivity contribution in [1.29, 1.82) is 0 Å². The first kappa shape index (κ1) is 71.9. The number of halogens is 1. The van der Waals surface area contributed by atoms with Gasteiger partial charge in [-0.2, -0.15) is 0 Å². The maximum absolute atomic E-state index is 8.47. The summed E-state index contributed by atoms with van der Waals surface area (Å²) in [5.41, 5.74) is 36.6. The maximum atomic E-state index is 8.47. The third-order valence-electron chi connectivity index (χ3n) is 25.2. The summed E-state index contributed by atoms with van der Waals surface area (Å²) in [6, 6.07) is 171. The van der Waals surface area contributed by atoms with Gasteiger partial charge in [-0.25, -0.2) is 0 Å². The fourth-order valence-corrected chi connectivity index (χ4v) is 20.2. The topological polar surface area (TPSA) is 6.48 Å². The predicted molar refractivity (Wildman–Crippen MR) is 521 cm³/mol. The lowest BCUT2D eigenvalue weighted by atomic mass is 9.33. The molecule has 0 aliphatic carbocycles. The van der Waals surface area contributed by atoms with E-state index in [2.05, 4.69) is 471 Å². The minimum atomic E-state index is -0.363. The molecule has 21 aromatic rings. The van der Waals surface area contributed by atoms with Gasteiger partial charge in [0.05, 0.1) is 11.4 Å². The van der Waals surface area contributed by atoms with Gasteiger partial charge >= 0.3 is 0 Å². The van der Waals surface area contributed by atoms with E-state index < -0.39 is 0 Å². The molecule has 0 unspecified atom stereocenters. The number of hydrogen-bond acceptors (Lipinski definition) is 2. The summed E-state index contributed by atoms with van der Waals surface area (Å²) in [6.45, 7) is -0.363. The molecule has 2 aliphatic rings. The van der Waals surface area contributed by atoms with Crippen LogP contribution in [0, 0.1) is 0 Å². The Morgan fingerprint density at radius 1 is 0.164 bits per heavy atom. The van der Waals surface area contributed by atoms with Crippen molar-refractivity contribution in [2.45, 2.75) is 0 Å². The Bertz CT molecular complexity index is 6930. The molecule has 122 heavy (non-hydrogen) atoms. The summed E-state index contributed by atoms with van der Waals surface area (Å²) in [5.74, 6) is 0. The van der Waals surface area contributed by atoms with Gasteiger partial charge in [0.2, 0.25) is 0 Å². The molecule has 0 saturated heterocycles. The van der Waals surface area contributed by atoms with E-state index in [0.29, 0.717) is 5.02 Å². The lowest BCUT2D eigenvalue weighted by Gasteiger charge is -2.46. The van der Waals surface area contributed by atoms with Crippen molar-refractivity contribution in [1.82, 2.24) is 0 Å². The molecule has 0 N–H and O–H groups in total. The lowest BCUT2D eigenvalue weighted by molar-refractivity contribution is 1.25. The monoisotopic (exact) mass is 1570 g/mol. The average molecular weight is 1570 g/mol. The van der Waals surface area contributed by atoms with E-state index in [1.54, 1.807) is 0 Å². The minimum Gasteiger partial charge on any atom is -0.310 e. The van der Waals surface area contributed by atoms with Crippen LogP contribution in [0.15, 0.2) is 461 Å². The minimum absolute atomic E-state index is 0.363. The van der Waals surface area contributed by atoms with Crippen LogP contribution in [0.3, 0.4) is 0 Å². The molecule has 0 amide bonds. The molecule has 0 bridgehead atoms. The van der Waals surface area contributed by atoms with Crippen LogP contribution in [-0.2, 0) is 0 Å². The molecule has 4 heteroatoms. The Balaban J connectivity index is 0.867. The van der Waals surface area contributed by atoms with Crippen LogP contribution in [0.2, 0.25) is 5.02 Å². The van der Waals surface area contributed by atoms with Crippen LogP contribution in [0.25, 0.3) is 177 Å². The van der Waals surface area contributed by atoms with E-state index in [0.717, 1.165) is 151 Å². The molecule has 0 fully saturated rings. The van der Waals surface area contributed by atoms with Crippen LogP contribution < -0.4 is 26.2 Å². The van der Waals surface area contributed by atoms with Crippen molar-refractivity contribution < 1.29 is 0 Å². The molecular weight excluding hydrogens is 1490 g/mol. The zero-order valence-electron chi connectivity index (χ0n) is 66.7. The summed E-state index contributed by atoms with van der Waals surface area (Å²) in [5, 5.41) is 10.1. The first-order chi connectivity index (χ1) is 60.5. The first-order valence-corrected chi connectivity index (χ1v) is 42.5. The second kappa shape index (κ2) is 30.2. The van der Waals surface area contributed by atoms with E-state index in [1.807, 2.05) is 0 Å². The number of anilines is 6. The standard InChI is InChI=1S/C118H76BClN2/c120-93-75-110-116-111(76-93)122(118-96(89-51-29-47-85(71-89)79-37-11-3-12-38-79)63-32-64-97(118)90-52-30-48-86(72-90)80-39-13-4-14-40-80)109-74-92(115-104-59-25-21-55-100(104)113(82-43-17-6-18-44-82)101-56-22-26-60-105(101)115)66-68-107(109)119(116)106-67-65-91(114-102-57-23-19-53-98(102)112(81-41-15-5-16-42-81)99-54-20-24-58-103(99)114)73-108(106)121(110)117-94(87-49-27-45-83(69-87)77-33-7-1-8-34-77)61-31-62-95(117)88-50-28-46-84(70-88)78-35-9-2-10-36-78/h1-76H. The van der Waals surface area contributed by atoms with E-state index in [1.165, 1.54) is 76.5 Å². The van der Waals surface area contributed by atoms with Crippen molar-refractivity contribution in [3.8, 4) is 134 Å². The Labute approximate surface area is 716 Å². The third kappa shape index (κ3) is 12.3.